The molecule has 1 aliphatic carbocycles. The molecule has 1 fully saturated rings. The molecular formula is C18H24N2S. The Labute approximate surface area is 131 Å². The third-order valence-corrected chi connectivity index (χ3v) is 5.14. The minimum atomic E-state index is 0.464. The number of nitrogens with zero attached hydrogens (tertiary/aromatic N) is 1. The standard InChI is InChI=1S/C18H24N2S/c1-3-18(19-2)14-6-8-15(9-7-14)20(16-10-11-16)13-17-5-4-12-21-17/h4-9,12,16,18-19H,3,10-11,13H2,1-2H3. The van der Waals surface area contributed by atoms with Gasteiger partial charge in [-0.2, -0.15) is 0 Å². The van der Waals surface area contributed by atoms with E-state index in [9.17, 15) is 0 Å². The summed E-state index contributed by atoms with van der Waals surface area (Å²) in [4.78, 5) is 4.02. The minimum absolute atomic E-state index is 0.464. The maximum Gasteiger partial charge on any atom is 0.0525 e. The lowest BCUT2D eigenvalue weighted by molar-refractivity contribution is 0.577. The molecule has 2 nitrogen and oxygen atoms in total. The smallest absolute Gasteiger partial charge is 0.0525 e. The van der Waals surface area contributed by atoms with Crippen molar-refractivity contribution in [2.45, 2.75) is 44.8 Å². The summed E-state index contributed by atoms with van der Waals surface area (Å²) < 4.78 is 0. The first-order valence-electron chi connectivity index (χ1n) is 7.88. The highest BCUT2D eigenvalue weighted by Crippen LogP contribution is 2.34. The molecule has 2 aromatic rings. The largest absolute Gasteiger partial charge is 0.363 e. The molecule has 0 amide bonds. The number of hydrogen-bond acceptors (Lipinski definition) is 3. The summed E-state index contributed by atoms with van der Waals surface area (Å²) in [5, 5.41) is 5.55. The zero-order valence-electron chi connectivity index (χ0n) is 12.9. The van der Waals surface area contributed by atoms with Gasteiger partial charge >= 0.3 is 0 Å². The quantitative estimate of drug-likeness (QED) is 0.804. The predicted octanol–water partition coefficient (Wildman–Crippen LogP) is 4.59. The van der Waals surface area contributed by atoms with Crippen molar-refractivity contribution >= 4 is 17.0 Å². The third-order valence-electron chi connectivity index (χ3n) is 4.28. The van der Waals surface area contributed by atoms with Gasteiger partial charge in [0.25, 0.3) is 0 Å². The van der Waals surface area contributed by atoms with Gasteiger partial charge in [-0.15, -0.1) is 11.3 Å². The second-order valence-corrected chi connectivity index (χ2v) is 6.81. The van der Waals surface area contributed by atoms with Crippen molar-refractivity contribution in [3.05, 3.63) is 52.2 Å². The second kappa shape index (κ2) is 6.63. The summed E-state index contributed by atoms with van der Waals surface area (Å²) in [7, 11) is 2.04. The summed E-state index contributed by atoms with van der Waals surface area (Å²) in [6, 6.07) is 14.7. The van der Waals surface area contributed by atoms with Crippen molar-refractivity contribution in [2.75, 3.05) is 11.9 Å². The van der Waals surface area contributed by atoms with Crippen molar-refractivity contribution in [2.24, 2.45) is 0 Å². The van der Waals surface area contributed by atoms with Crippen LogP contribution in [0.15, 0.2) is 41.8 Å². The Morgan fingerprint density at radius 3 is 2.52 bits per heavy atom. The molecule has 21 heavy (non-hydrogen) atoms. The van der Waals surface area contributed by atoms with E-state index in [-0.39, 0.29) is 0 Å². The lowest BCUT2D eigenvalue weighted by Gasteiger charge is -2.25. The van der Waals surface area contributed by atoms with Crippen LogP contribution in [0.3, 0.4) is 0 Å². The Bertz CT molecular complexity index is 539. The molecule has 1 aromatic carbocycles. The fraction of sp³-hybridized carbons (Fsp3) is 0.444. The molecule has 3 rings (SSSR count). The summed E-state index contributed by atoms with van der Waals surface area (Å²) in [6.07, 6.45) is 3.79. The SMILES string of the molecule is CCC(NC)c1ccc(N(Cc2cccs2)C2CC2)cc1. The summed E-state index contributed by atoms with van der Waals surface area (Å²) in [6.45, 7) is 3.27. The number of benzene rings is 1. The van der Waals surface area contributed by atoms with Crippen LogP contribution in [0.1, 0.15) is 42.7 Å². The van der Waals surface area contributed by atoms with Gasteiger partial charge in [0.15, 0.2) is 0 Å². The molecule has 1 unspecified atom stereocenters. The van der Waals surface area contributed by atoms with Crippen molar-refractivity contribution in [1.82, 2.24) is 5.32 Å². The molecule has 1 atom stereocenters. The van der Waals surface area contributed by atoms with E-state index in [0.717, 1.165) is 19.0 Å². The Kier molecular flexibility index (Phi) is 4.61. The highest BCUT2D eigenvalue weighted by atomic mass is 32.1. The van der Waals surface area contributed by atoms with E-state index in [4.69, 9.17) is 0 Å². The normalized spacial score (nSPS) is 15.9. The van der Waals surface area contributed by atoms with Crippen molar-refractivity contribution in [1.29, 1.82) is 0 Å². The Hall–Kier alpha value is -1.32. The highest BCUT2D eigenvalue weighted by Gasteiger charge is 2.29. The molecule has 0 spiro atoms. The molecule has 1 aromatic heterocycles. The average Bonchev–Trinajstić information content (AvgIpc) is 3.23. The first-order chi connectivity index (χ1) is 10.3. The van der Waals surface area contributed by atoms with Gasteiger partial charge in [0.2, 0.25) is 0 Å². The van der Waals surface area contributed by atoms with Crippen molar-refractivity contribution in [3.8, 4) is 0 Å². The predicted molar refractivity (Wildman–Crippen MR) is 92.1 cm³/mol. The summed E-state index contributed by atoms with van der Waals surface area (Å²) in [5.74, 6) is 0. The number of hydrogen-bond donors (Lipinski definition) is 1. The van der Waals surface area contributed by atoms with Crippen LogP contribution in [0.25, 0.3) is 0 Å². The molecule has 1 heterocycles. The van der Waals surface area contributed by atoms with E-state index in [0.29, 0.717) is 6.04 Å². The van der Waals surface area contributed by atoms with Crippen LogP contribution in [0.2, 0.25) is 0 Å². The van der Waals surface area contributed by atoms with Crippen LogP contribution in [0.5, 0.6) is 0 Å². The topological polar surface area (TPSA) is 15.3 Å². The molecule has 3 heteroatoms. The molecule has 0 saturated heterocycles. The van der Waals surface area contributed by atoms with Crippen LogP contribution in [-0.4, -0.2) is 13.1 Å². The first-order valence-corrected chi connectivity index (χ1v) is 8.76. The fourth-order valence-corrected chi connectivity index (χ4v) is 3.60. The molecule has 1 N–H and O–H groups in total. The number of anilines is 1. The van der Waals surface area contributed by atoms with Crippen molar-refractivity contribution in [3.63, 3.8) is 0 Å². The molecule has 0 aliphatic heterocycles. The van der Waals surface area contributed by atoms with Gasteiger partial charge in [0.1, 0.15) is 0 Å². The van der Waals surface area contributed by atoms with Gasteiger partial charge in [-0.1, -0.05) is 25.1 Å². The molecule has 0 radical (unpaired) electrons. The van der Waals surface area contributed by atoms with E-state index in [2.05, 4.69) is 58.9 Å². The van der Waals surface area contributed by atoms with Crippen LogP contribution in [0.4, 0.5) is 5.69 Å². The molecule has 1 saturated carbocycles. The lowest BCUT2D eigenvalue weighted by atomic mass is 10.0. The number of nitrogens with one attached hydrogen (secondary N) is 1. The van der Waals surface area contributed by atoms with Crippen molar-refractivity contribution < 1.29 is 0 Å². The van der Waals surface area contributed by atoms with Crippen LogP contribution in [0, 0.1) is 0 Å². The summed E-state index contributed by atoms with van der Waals surface area (Å²) >= 11 is 1.85. The molecule has 112 valence electrons. The van der Waals surface area contributed by atoms with E-state index in [1.54, 1.807) is 0 Å². The van der Waals surface area contributed by atoms with Crippen LogP contribution in [-0.2, 0) is 6.54 Å². The third kappa shape index (κ3) is 3.47. The first kappa shape index (κ1) is 14.6. The van der Waals surface area contributed by atoms with Gasteiger partial charge < -0.3 is 10.2 Å². The van der Waals surface area contributed by atoms with E-state index < -0.39 is 0 Å². The van der Waals surface area contributed by atoms with E-state index in [1.807, 2.05) is 18.4 Å². The van der Waals surface area contributed by atoms with Gasteiger partial charge in [0, 0.05) is 22.6 Å². The molecule has 1 aliphatic rings. The zero-order chi connectivity index (χ0) is 14.7. The Morgan fingerprint density at radius 2 is 2.00 bits per heavy atom. The van der Waals surface area contributed by atoms with Gasteiger partial charge in [-0.3, -0.25) is 0 Å². The molecule has 0 bridgehead atoms. The van der Waals surface area contributed by atoms with E-state index >= 15 is 0 Å². The van der Waals surface area contributed by atoms with Crippen LogP contribution < -0.4 is 10.2 Å². The van der Waals surface area contributed by atoms with Gasteiger partial charge in [0.05, 0.1) is 6.54 Å². The molecular weight excluding hydrogens is 276 g/mol. The maximum atomic E-state index is 3.38. The fourth-order valence-electron chi connectivity index (χ4n) is 2.89. The number of thiophene rings is 1. The van der Waals surface area contributed by atoms with Gasteiger partial charge in [-0.25, -0.2) is 0 Å². The van der Waals surface area contributed by atoms with E-state index in [1.165, 1.54) is 29.0 Å². The lowest BCUT2D eigenvalue weighted by Crippen LogP contribution is -2.24. The zero-order valence-corrected chi connectivity index (χ0v) is 13.7. The van der Waals surface area contributed by atoms with Gasteiger partial charge in [-0.05, 0) is 55.5 Å². The summed E-state index contributed by atoms with van der Waals surface area (Å²) in [5.41, 5.74) is 2.75. The number of rotatable bonds is 7. The Balaban J connectivity index is 1.76. The Morgan fingerprint density at radius 1 is 1.24 bits per heavy atom. The monoisotopic (exact) mass is 300 g/mol. The second-order valence-electron chi connectivity index (χ2n) is 5.78. The maximum absolute atomic E-state index is 3.38. The van der Waals surface area contributed by atoms with Crippen LogP contribution >= 0.6 is 11.3 Å². The average molecular weight is 300 g/mol. The minimum Gasteiger partial charge on any atom is -0.363 e. The highest BCUT2D eigenvalue weighted by molar-refractivity contribution is 7.09.